The van der Waals surface area contributed by atoms with Crippen LogP contribution >= 0.6 is 0 Å². The van der Waals surface area contributed by atoms with Gasteiger partial charge in [-0.2, -0.15) is 0 Å². The van der Waals surface area contributed by atoms with Crippen molar-refractivity contribution in [3.8, 4) is 22.8 Å². The zero-order valence-corrected chi connectivity index (χ0v) is 14.4. The molecule has 8 nitrogen and oxygen atoms in total. The number of fused-ring (bicyclic) bond motifs is 1. The van der Waals surface area contributed by atoms with E-state index in [1.54, 1.807) is 36.8 Å². The quantitative estimate of drug-likeness (QED) is 0.491. The summed E-state index contributed by atoms with van der Waals surface area (Å²) in [6.45, 7) is 0.0755. The number of nitrogen functional groups attached to an aromatic ring is 1. The molecule has 28 heavy (non-hydrogen) atoms. The minimum atomic E-state index is -3.68. The van der Waals surface area contributed by atoms with Gasteiger partial charge in [0.15, 0.2) is 11.5 Å². The average molecular weight is 387 g/mol. The zero-order chi connectivity index (χ0) is 19.6. The van der Waals surface area contributed by atoms with Crippen LogP contribution in [0.3, 0.4) is 0 Å². The van der Waals surface area contributed by atoms with Crippen molar-refractivity contribution in [2.45, 2.75) is 12.9 Å². The van der Waals surface area contributed by atoms with Gasteiger partial charge < -0.3 is 25.3 Å². The molecule has 0 spiro atoms. The van der Waals surface area contributed by atoms with E-state index in [1.165, 1.54) is 6.07 Å². The molecule has 0 bridgehead atoms. The van der Waals surface area contributed by atoms with Gasteiger partial charge in [0, 0.05) is 18.0 Å². The Labute approximate surface area is 158 Å². The first kappa shape index (κ1) is 17.9. The van der Waals surface area contributed by atoms with Crippen molar-refractivity contribution in [1.29, 1.82) is 0 Å². The summed E-state index contributed by atoms with van der Waals surface area (Å²) < 4.78 is 40.8. The van der Waals surface area contributed by atoms with Crippen molar-refractivity contribution in [2.24, 2.45) is 0 Å². The normalized spacial score (nSPS) is 14.1. The van der Waals surface area contributed by atoms with Gasteiger partial charge in [-0.05, 0) is 24.3 Å². The van der Waals surface area contributed by atoms with Gasteiger partial charge >= 0.3 is 6.29 Å². The molecule has 3 aromatic rings. The number of nitrogens with zero attached hydrogens (tertiary/aromatic N) is 3. The van der Waals surface area contributed by atoms with Crippen LogP contribution in [-0.2, 0) is 11.3 Å². The van der Waals surface area contributed by atoms with E-state index in [-0.39, 0.29) is 30.7 Å². The molecule has 0 saturated carbocycles. The summed E-state index contributed by atoms with van der Waals surface area (Å²) in [4.78, 5) is 12.6. The first-order valence-electron chi connectivity index (χ1n) is 8.24. The Balaban J connectivity index is 1.39. The van der Waals surface area contributed by atoms with Crippen LogP contribution in [0, 0.1) is 0 Å². The highest BCUT2D eigenvalue weighted by atomic mass is 19.3. The number of alkyl halides is 2. The second-order valence-electron chi connectivity index (χ2n) is 5.80. The molecular formula is C18H15F2N5O3. The second-order valence-corrected chi connectivity index (χ2v) is 5.80. The number of benzene rings is 1. The van der Waals surface area contributed by atoms with Gasteiger partial charge in [0.2, 0.25) is 0 Å². The van der Waals surface area contributed by atoms with Crippen molar-refractivity contribution < 1.29 is 23.0 Å². The molecule has 3 N–H and O–H groups in total. The molecular weight excluding hydrogens is 372 g/mol. The fourth-order valence-corrected chi connectivity index (χ4v) is 2.58. The van der Waals surface area contributed by atoms with Crippen LogP contribution in [-0.4, -0.2) is 28.0 Å². The van der Waals surface area contributed by atoms with Crippen LogP contribution in [0.2, 0.25) is 0 Å². The molecule has 0 amide bonds. The molecule has 10 heteroatoms. The Morgan fingerprint density at radius 2 is 2.04 bits per heavy atom. The van der Waals surface area contributed by atoms with E-state index in [0.29, 0.717) is 17.1 Å². The van der Waals surface area contributed by atoms with E-state index in [9.17, 15) is 8.78 Å². The average Bonchev–Trinajstić information content (AvgIpc) is 3.02. The third kappa shape index (κ3) is 3.76. The van der Waals surface area contributed by atoms with Gasteiger partial charge in [-0.1, -0.05) is 6.07 Å². The number of rotatable bonds is 6. The lowest BCUT2D eigenvalue weighted by Gasteiger charge is -2.11. The van der Waals surface area contributed by atoms with E-state index in [0.717, 1.165) is 5.56 Å². The van der Waals surface area contributed by atoms with Crippen LogP contribution < -0.4 is 20.5 Å². The highest BCUT2D eigenvalue weighted by molar-refractivity contribution is 5.64. The lowest BCUT2D eigenvalue weighted by atomic mass is 10.2. The number of para-hydroxylation sites is 1. The number of nitrogens with two attached hydrogens (primary N) is 1. The smallest absolute Gasteiger partial charge is 0.395 e. The molecule has 1 aliphatic rings. The van der Waals surface area contributed by atoms with Gasteiger partial charge in [0.05, 0.1) is 24.2 Å². The number of hydrogen-bond donors (Lipinski definition) is 2. The van der Waals surface area contributed by atoms with Crippen molar-refractivity contribution >= 4 is 11.5 Å². The summed E-state index contributed by atoms with van der Waals surface area (Å²) in [7, 11) is 0. The van der Waals surface area contributed by atoms with Crippen LogP contribution in [0.1, 0.15) is 5.69 Å². The molecule has 1 aromatic carbocycles. The predicted octanol–water partition coefficient (Wildman–Crippen LogP) is 3.03. The Bertz CT molecular complexity index is 988. The van der Waals surface area contributed by atoms with E-state index in [2.05, 4.69) is 29.7 Å². The van der Waals surface area contributed by atoms with Gasteiger partial charge in [-0.3, -0.25) is 4.98 Å². The molecule has 0 atom stereocenters. The van der Waals surface area contributed by atoms with Crippen molar-refractivity contribution in [3.63, 3.8) is 0 Å². The number of anilines is 2. The lowest BCUT2D eigenvalue weighted by molar-refractivity contribution is -0.286. The van der Waals surface area contributed by atoms with Crippen molar-refractivity contribution in [2.75, 3.05) is 17.8 Å². The second kappa shape index (κ2) is 7.24. The summed E-state index contributed by atoms with van der Waals surface area (Å²) in [5.74, 6) is 0.118. The SMILES string of the molecule is Nc1ncc(-c2cccnc2)nc1COCNc1cccc2c1OC(F)(F)O2. The van der Waals surface area contributed by atoms with Crippen LogP contribution in [0.5, 0.6) is 11.5 Å². The molecule has 4 rings (SSSR count). The molecule has 0 fully saturated rings. The molecule has 1 aliphatic heterocycles. The molecule has 0 radical (unpaired) electrons. The van der Waals surface area contributed by atoms with Crippen LogP contribution in [0.15, 0.2) is 48.9 Å². The number of halogens is 2. The Hall–Kier alpha value is -3.53. The van der Waals surface area contributed by atoms with Gasteiger partial charge in [-0.25, -0.2) is 9.97 Å². The maximum atomic E-state index is 13.2. The highest BCUT2D eigenvalue weighted by Gasteiger charge is 2.44. The predicted molar refractivity (Wildman–Crippen MR) is 95.6 cm³/mol. The fraction of sp³-hybridized carbons (Fsp3) is 0.167. The largest absolute Gasteiger partial charge is 0.586 e. The third-order valence-corrected chi connectivity index (χ3v) is 3.87. The van der Waals surface area contributed by atoms with Gasteiger partial charge in [0.1, 0.15) is 18.2 Å². The summed E-state index contributed by atoms with van der Waals surface area (Å²) in [6.07, 6.45) is 1.20. The molecule has 3 heterocycles. The van der Waals surface area contributed by atoms with Gasteiger partial charge in [0.25, 0.3) is 0 Å². The molecule has 2 aromatic heterocycles. The number of hydrogen-bond acceptors (Lipinski definition) is 8. The Kier molecular flexibility index (Phi) is 4.62. The van der Waals surface area contributed by atoms with E-state index in [1.807, 2.05) is 6.07 Å². The maximum absolute atomic E-state index is 13.2. The zero-order valence-electron chi connectivity index (χ0n) is 14.4. The van der Waals surface area contributed by atoms with Crippen LogP contribution in [0.25, 0.3) is 11.3 Å². The van der Waals surface area contributed by atoms with Gasteiger partial charge in [-0.15, -0.1) is 8.78 Å². The first-order chi connectivity index (χ1) is 13.5. The summed E-state index contributed by atoms with van der Waals surface area (Å²) in [6, 6.07) is 8.17. The highest BCUT2D eigenvalue weighted by Crippen LogP contribution is 2.45. The Morgan fingerprint density at radius 3 is 2.86 bits per heavy atom. The third-order valence-electron chi connectivity index (χ3n) is 3.87. The molecule has 0 unspecified atom stereocenters. The monoisotopic (exact) mass is 387 g/mol. The number of pyridine rings is 1. The maximum Gasteiger partial charge on any atom is 0.586 e. The molecule has 0 aliphatic carbocycles. The summed E-state index contributed by atoms with van der Waals surface area (Å²) in [5.41, 5.74) is 8.04. The molecule has 0 saturated heterocycles. The number of ether oxygens (including phenoxy) is 3. The summed E-state index contributed by atoms with van der Waals surface area (Å²) in [5, 5.41) is 2.86. The minimum Gasteiger partial charge on any atom is -0.395 e. The van der Waals surface area contributed by atoms with E-state index >= 15 is 0 Å². The standard InChI is InChI=1S/C18H15F2N5O3/c19-18(20)27-15-5-1-4-12(16(15)28-18)24-10-26-9-14-17(21)23-8-13(25-14)11-3-2-6-22-7-11/h1-8,24H,9-10H2,(H2,21,23). The van der Waals surface area contributed by atoms with E-state index < -0.39 is 6.29 Å². The van der Waals surface area contributed by atoms with Crippen molar-refractivity contribution in [3.05, 3.63) is 54.6 Å². The first-order valence-corrected chi connectivity index (χ1v) is 8.24. The van der Waals surface area contributed by atoms with E-state index in [4.69, 9.17) is 10.5 Å². The van der Waals surface area contributed by atoms with Crippen molar-refractivity contribution in [1.82, 2.24) is 15.0 Å². The lowest BCUT2D eigenvalue weighted by Crippen LogP contribution is -2.26. The number of nitrogens with one attached hydrogen (secondary N) is 1. The topological polar surface area (TPSA) is 104 Å². The Morgan fingerprint density at radius 1 is 1.14 bits per heavy atom. The number of aromatic nitrogens is 3. The van der Waals surface area contributed by atoms with Crippen LogP contribution in [0.4, 0.5) is 20.3 Å². The molecule has 144 valence electrons. The minimum absolute atomic E-state index is 0.00360. The summed E-state index contributed by atoms with van der Waals surface area (Å²) >= 11 is 0. The fourth-order valence-electron chi connectivity index (χ4n) is 2.58.